The second-order valence-corrected chi connectivity index (χ2v) is 2.94. The summed E-state index contributed by atoms with van der Waals surface area (Å²) in [5.74, 6) is 0.853. The van der Waals surface area contributed by atoms with Crippen molar-refractivity contribution in [3.63, 3.8) is 0 Å². The molecule has 0 unspecified atom stereocenters. The maximum Gasteiger partial charge on any atom is 0.137 e. The molecule has 0 aromatic carbocycles. The van der Waals surface area contributed by atoms with Gasteiger partial charge in [0, 0.05) is 12.2 Å². The zero-order chi connectivity index (χ0) is 8.23. The zero-order valence-electron chi connectivity index (χ0n) is 7.68. The van der Waals surface area contributed by atoms with Crippen molar-refractivity contribution in [2.75, 3.05) is 13.2 Å². The molecule has 0 radical (unpaired) electrons. The van der Waals surface area contributed by atoms with E-state index in [-0.39, 0.29) is 24.8 Å². The van der Waals surface area contributed by atoms with Crippen LogP contribution in [0.4, 0.5) is 0 Å². The average Bonchev–Trinajstić information content (AvgIpc) is 2.04. The minimum atomic E-state index is 0. The van der Waals surface area contributed by atoms with Crippen LogP contribution >= 0.6 is 24.8 Å². The van der Waals surface area contributed by atoms with Crippen molar-refractivity contribution in [3.05, 3.63) is 24.5 Å². The molecule has 3 nitrogen and oxygen atoms in total. The molecule has 0 spiro atoms. The quantitative estimate of drug-likeness (QED) is 0.868. The van der Waals surface area contributed by atoms with Gasteiger partial charge in [0.25, 0.3) is 0 Å². The molecule has 0 bridgehead atoms. The Morgan fingerprint density at radius 1 is 1.50 bits per heavy atom. The molecule has 5 heteroatoms. The summed E-state index contributed by atoms with van der Waals surface area (Å²) in [6.45, 7) is 1.88. The minimum absolute atomic E-state index is 0. The van der Waals surface area contributed by atoms with E-state index in [9.17, 15) is 0 Å². The van der Waals surface area contributed by atoms with Crippen molar-refractivity contribution >= 4 is 24.8 Å². The van der Waals surface area contributed by atoms with Crippen LogP contribution in [0.5, 0.6) is 5.75 Å². The lowest BCUT2D eigenvalue weighted by molar-refractivity contribution is 0.217. The van der Waals surface area contributed by atoms with Crippen molar-refractivity contribution in [3.8, 4) is 5.75 Å². The van der Waals surface area contributed by atoms with E-state index in [4.69, 9.17) is 4.74 Å². The summed E-state index contributed by atoms with van der Waals surface area (Å²) in [4.78, 5) is 3.96. The molecule has 0 aliphatic carbocycles. The van der Waals surface area contributed by atoms with Crippen LogP contribution in [0.3, 0.4) is 0 Å². The molecule has 1 N–H and O–H groups in total. The van der Waals surface area contributed by atoms with Gasteiger partial charge >= 0.3 is 0 Å². The number of halogens is 2. The molecular weight excluding hydrogens is 223 g/mol. The Bertz CT molecular complexity index is 242. The molecule has 1 fully saturated rings. The van der Waals surface area contributed by atoms with Crippen molar-refractivity contribution in [2.24, 2.45) is 0 Å². The van der Waals surface area contributed by atoms with Crippen LogP contribution in [-0.2, 0) is 0 Å². The lowest BCUT2D eigenvalue weighted by Gasteiger charge is -2.27. The lowest BCUT2D eigenvalue weighted by Crippen LogP contribution is -2.46. The normalized spacial score (nSPS) is 18.4. The zero-order valence-corrected chi connectivity index (χ0v) is 9.31. The molecule has 1 aliphatic rings. The topological polar surface area (TPSA) is 34.1 Å². The summed E-state index contributed by atoms with van der Waals surface area (Å²) in [5.41, 5.74) is 0. The fourth-order valence-corrected chi connectivity index (χ4v) is 1.12. The van der Waals surface area contributed by atoms with E-state index in [0.29, 0.717) is 6.04 Å². The maximum atomic E-state index is 5.48. The highest BCUT2D eigenvalue weighted by molar-refractivity contribution is 5.85. The third-order valence-electron chi connectivity index (χ3n) is 2.01. The largest absolute Gasteiger partial charge is 0.490 e. The molecular formula is C9H14Cl2N2O. The van der Waals surface area contributed by atoms with Gasteiger partial charge in [0.2, 0.25) is 0 Å². The van der Waals surface area contributed by atoms with E-state index in [1.807, 2.05) is 12.1 Å². The molecule has 14 heavy (non-hydrogen) atoms. The number of aromatic nitrogens is 1. The van der Waals surface area contributed by atoms with Gasteiger partial charge in [0.05, 0.1) is 6.20 Å². The Hall–Kier alpha value is -0.510. The predicted molar refractivity (Wildman–Crippen MR) is 60.6 cm³/mol. The second kappa shape index (κ2) is 6.87. The van der Waals surface area contributed by atoms with Crippen LogP contribution in [0.1, 0.15) is 6.42 Å². The number of nitrogens with zero attached hydrogens (tertiary/aromatic N) is 1. The standard InChI is InChI=1S/C9H12N2O.2ClH/c1-2-9(6-10-4-1)12-7-8-3-5-11-8;;/h1-2,4,6,8,11H,3,5,7H2;2*1H/t8-;;/m1../s1. The maximum absolute atomic E-state index is 5.48. The van der Waals surface area contributed by atoms with Gasteiger partial charge in [-0.15, -0.1) is 24.8 Å². The van der Waals surface area contributed by atoms with E-state index in [1.54, 1.807) is 12.4 Å². The molecule has 1 aliphatic heterocycles. The molecule has 80 valence electrons. The molecule has 1 aromatic heterocycles. The highest BCUT2D eigenvalue weighted by Gasteiger charge is 2.16. The van der Waals surface area contributed by atoms with Gasteiger partial charge in [0.1, 0.15) is 12.4 Å². The number of hydrogen-bond acceptors (Lipinski definition) is 3. The van der Waals surface area contributed by atoms with Crippen molar-refractivity contribution in [1.29, 1.82) is 0 Å². The minimum Gasteiger partial charge on any atom is -0.490 e. The first-order valence-electron chi connectivity index (χ1n) is 4.21. The molecule has 0 amide bonds. The first-order valence-corrected chi connectivity index (χ1v) is 4.21. The fraction of sp³-hybridized carbons (Fsp3) is 0.444. The number of rotatable bonds is 3. The van der Waals surface area contributed by atoms with Gasteiger partial charge in [-0.25, -0.2) is 0 Å². The van der Waals surface area contributed by atoms with Gasteiger partial charge in [-0.1, -0.05) is 0 Å². The Morgan fingerprint density at radius 3 is 2.79 bits per heavy atom. The van der Waals surface area contributed by atoms with Gasteiger partial charge in [-0.05, 0) is 25.1 Å². The predicted octanol–water partition coefficient (Wildman–Crippen LogP) is 1.67. The second-order valence-electron chi connectivity index (χ2n) is 2.94. The summed E-state index contributed by atoms with van der Waals surface area (Å²) in [6.07, 6.45) is 4.70. The summed E-state index contributed by atoms with van der Waals surface area (Å²) < 4.78 is 5.48. The average molecular weight is 237 g/mol. The highest BCUT2D eigenvalue weighted by atomic mass is 35.5. The lowest BCUT2D eigenvalue weighted by atomic mass is 10.1. The molecule has 1 saturated heterocycles. The molecule has 1 atom stereocenters. The Kier molecular flexibility index (Phi) is 6.62. The molecule has 2 rings (SSSR count). The number of nitrogens with one attached hydrogen (secondary N) is 1. The van der Waals surface area contributed by atoms with Crippen LogP contribution in [0.15, 0.2) is 24.5 Å². The van der Waals surface area contributed by atoms with E-state index in [1.165, 1.54) is 6.42 Å². The third-order valence-corrected chi connectivity index (χ3v) is 2.01. The van der Waals surface area contributed by atoms with E-state index in [0.717, 1.165) is 18.9 Å². The van der Waals surface area contributed by atoms with Crippen LogP contribution in [0.25, 0.3) is 0 Å². The Morgan fingerprint density at radius 2 is 2.29 bits per heavy atom. The summed E-state index contributed by atoms with van der Waals surface area (Å²) in [6, 6.07) is 4.35. The number of ether oxygens (including phenoxy) is 1. The monoisotopic (exact) mass is 236 g/mol. The van der Waals surface area contributed by atoms with Crippen molar-refractivity contribution < 1.29 is 4.74 Å². The highest BCUT2D eigenvalue weighted by Crippen LogP contribution is 2.09. The number of hydrogen-bond donors (Lipinski definition) is 1. The summed E-state index contributed by atoms with van der Waals surface area (Å²) >= 11 is 0. The van der Waals surface area contributed by atoms with Crippen LogP contribution in [-0.4, -0.2) is 24.2 Å². The van der Waals surface area contributed by atoms with Gasteiger partial charge in [-0.2, -0.15) is 0 Å². The van der Waals surface area contributed by atoms with E-state index in [2.05, 4.69) is 10.3 Å². The molecule has 2 heterocycles. The van der Waals surface area contributed by atoms with Crippen molar-refractivity contribution in [1.82, 2.24) is 10.3 Å². The first-order chi connectivity index (χ1) is 5.95. The smallest absolute Gasteiger partial charge is 0.137 e. The van der Waals surface area contributed by atoms with Gasteiger partial charge < -0.3 is 10.1 Å². The fourth-order valence-electron chi connectivity index (χ4n) is 1.12. The van der Waals surface area contributed by atoms with Crippen LogP contribution < -0.4 is 10.1 Å². The van der Waals surface area contributed by atoms with Gasteiger partial charge in [0.15, 0.2) is 0 Å². The van der Waals surface area contributed by atoms with Crippen LogP contribution in [0, 0.1) is 0 Å². The van der Waals surface area contributed by atoms with Crippen LogP contribution in [0.2, 0.25) is 0 Å². The van der Waals surface area contributed by atoms with E-state index >= 15 is 0 Å². The first kappa shape index (κ1) is 13.5. The molecule has 0 saturated carbocycles. The third kappa shape index (κ3) is 3.70. The molecule has 1 aromatic rings. The Balaban J connectivity index is 0.000000845. The summed E-state index contributed by atoms with van der Waals surface area (Å²) in [5, 5.41) is 3.27. The number of pyridine rings is 1. The van der Waals surface area contributed by atoms with Crippen molar-refractivity contribution in [2.45, 2.75) is 12.5 Å². The SMILES string of the molecule is Cl.Cl.c1cncc(OC[C@H]2CCN2)c1. The Labute approximate surface area is 96.1 Å². The summed E-state index contributed by atoms with van der Waals surface area (Å²) in [7, 11) is 0. The van der Waals surface area contributed by atoms with Gasteiger partial charge in [-0.3, -0.25) is 4.98 Å². The van der Waals surface area contributed by atoms with E-state index < -0.39 is 0 Å².